The van der Waals surface area contributed by atoms with Crippen LogP contribution in [0.4, 0.5) is 0 Å². The molecular weight excluding hydrogens is 244 g/mol. The largest absolute Gasteiger partial charge is 0.256 e. The third-order valence-corrected chi connectivity index (χ3v) is 3.84. The lowest BCUT2D eigenvalue weighted by Gasteiger charge is -2.06. The number of benzene rings is 1. The van der Waals surface area contributed by atoms with Gasteiger partial charge in [0.2, 0.25) is 0 Å². The number of rotatable bonds is 1. The fourth-order valence-electron chi connectivity index (χ4n) is 2.96. The Morgan fingerprint density at radius 1 is 0.900 bits per heavy atom. The van der Waals surface area contributed by atoms with Crippen LogP contribution in [0.5, 0.6) is 0 Å². The van der Waals surface area contributed by atoms with Crippen LogP contribution >= 0.6 is 0 Å². The highest BCUT2D eigenvalue weighted by molar-refractivity contribution is 6.26. The summed E-state index contributed by atoms with van der Waals surface area (Å²) < 4.78 is 0. The number of fused-ring (bicyclic) bond motifs is 2. The first kappa shape index (κ1) is 11.4. The molecule has 0 atom stereocenters. The van der Waals surface area contributed by atoms with E-state index in [1.54, 1.807) is 0 Å². The number of pyridine rings is 1. The maximum atomic E-state index is 4.62. The van der Waals surface area contributed by atoms with E-state index < -0.39 is 0 Å². The first-order valence-electron chi connectivity index (χ1n) is 6.78. The monoisotopic (exact) mass is 258 g/mol. The van der Waals surface area contributed by atoms with Gasteiger partial charge in [0.1, 0.15) is 0 Å². The topological polar surface area (TPSA) is 25.2 Å². The van der Waals surface area contributed by atoms with E-state index in [4.69, 9.17) is 0 Å². The molecule has 0 unspecified atom stereocenters. The van der Waals surface area contributed by atoms with Gasteiger partial charge < -0.3 is 0 Å². The molecule has 0 radical (unpaired) electrons. The Balaban J connectivity index is 2.04. The van der Waals surface area contributed by atoms with E-state index in [1.165, 1.54) is 27.7 Å². The van der Waals surface area contributed by atoms with Gasteiger partial charge in [0.05, 0.1) is 11.2 Å². The summed E-state index contributed by atoms with van der Waals surface area (Å²) in [6.07, 6.45) is 6.24. The maximum Gasteiger partial charge on any atom is 0.0780 e. The lowest BCUT2D eigenvalue weighted by molar-refractivity contribution is 1.33. The third-order valence-electron chi connectivity index (χ3n) is 3.84. The van der Waals surface area contributed by atoms with E-state index >= 15 is 0 Å². The molecule has 1 aromatic heterocycles. The van der Waals surface area contributed by atoms with Crippen molar-refractivity contribution in [1.82, 2.24) is 4.98 Å². The molecule has 0 amide bonds. The molecule has 20 heavy (non-hydrogen) atoms. The van der Waals surface area contributed by atoms with E-state index in [-0.39, 0.29) is 0 Å². The number of hydrogen-bond acceptors (Lipinski definition) is 2. The predicted octanol–water partition coefficient (Wildman–Crippen LogP) is 4.31. The Labute approximate surface area is 117 Å². The number of aromatic nitrogens is 1. The summed E-state index contributed by atoms with van der Waals surface area (Å²) in [7, 11) is 0. The molecule has 2 aliphatic rings. The van der Waals surface area contributed by atoms with Gasteiger partial charge in [0.25, 0.3) is 0 Å². The van der Waals surface area contributed by atoms with Crippen molar-refractivity contribution >= 4 is 22.2 Å². The molecule has 2 aromatic rings. The van der Waals surface area contributed by atoms with Crippen molar-refractivity contribution in [3.05, 3.63) is 71.1 Å². The van der Waals surface area contributed by atoms with Gasteiger partial charge >= 0.3 is 0 Å². The summed E-state index contributed by atoms with van der Waals surface area (Å²) in [4.78, 5) is 9.18. The Morgan fingerprint density at radius 3 is 2.65 bits per heavy atom. The molecule has 2 heterocycles. The van der Waals surface area contributed by atoms with Crippen LogP contribution in [0, 0.1) is 0 Å². The van der Waals surface area contributed by atoms with Gasteiger partial charge in [-0.1, -0.05) is 24.3 Å². The summed E-state index contributed by atoms with van der Waals surface area (Å²) in [5.41, 5.74) is 8.14. The predicted molar refractivity (Wildman–Crippen MR) is 83.6 cm³/mol. The third kappa shape index (κ3) is 1.51. The molecule has 0 fully saturated rings. The SMILES string of the molecule is CC1=CC2=C(c3cccc4cccnc34)C=C(C)C2=N1. The molecule has 1 aromatic carbocycles. The zero-order chi connectivity index (χ0) is 13.7. The summed E-state index contributed by atoms with van der Waals surface area (Å²) >= 11 is 0. The van der Waals surface area contributed by atoms with Gasteiger partial charge in [0.15, 0.2) is 0 Å². The van der Waals surface area contributed by atoms with Crippen LogP contribution in [0.3, 0.4) is 0 Å². The molecule has 0 N–H and O–H groups in total. The summed E-state index contributed by atoms with van der Waals surface area (Å²) in [6, 6.07) is 10.4. The molecule has 0 spiro atoms. The second-order valence-electron chi connectivity index (χ2n) is 5.28. The van der Waals surface area contributed by atoms with Crippen molar-refractivity contribution < 1.29 is 0 Å². The van der Waals surface area contributed by atoms with Crippen LogP contribution in [-0.4, -0.2) is 10.7 Å². The van der Waals surface area contributed by atoms with Crippen LogP contribution in [0.2, 0.25) is 0 Å². The standard InChI is InChI=1S/C18H14N2/c1-11-9-15(16-10-12(2)20-17(11)16)14-7-3-5-13-6-4-8-19-18(13)14/h3-10H,1-2H3. The fourth-order valence-corrected chi connectivity index (χ4v) is 2.96. The lowest BCUT2D eigenvalue weighted by Crippen LogP contribution is -1.94. The number of hydrogen-bond donors (Lipinski definition) is 0. The highest BCUT2D eigenvalue weighted by Gasteiger charge is 2.24. The molecule has 0 bridgehead atoms. The zero-order valence-electron chi connectivity index (χ0n) is 11.5. The molecule has 0 saturated carbocycles. The Morgan fingerprint density at radius 2 is 1.75 bits per heavy atom. The van der Waals surface area contributed by atoms with Crippen LogP contribution in [0.25, 0.3) is 16.5 Å². The highest BCUT2D eigenvalue weighted by atomic mass is 14.8. The molecule has 96 valence electrons. The first-order valence-corrected chi connectivity index (χ1v) is 6.78. The lowest BCUT2D eigenvalue weighted by atomic mass is 9.99. The Kier molecular flexibility index (Phi) is 2.27. The molecule has 0 saturated heterocycles. The van der Waals surface area contributed by atoms with E-state index in [0.717, 1.165) is 16.9 Å². The van der Waals surface area contributed by atoms with Crippen LogP contribution in [0.1, 0.15) is 19.4 Å². The van der Waals surface area contributed by atoms with E-state index in [1.807, 2.05) is 19.2 Å². The van der Waals surface area contributed by atoms with Gasteiger partial charge in [-0.25, -0.2) is 0 Å². The smallest absolute Gasteiger partial charge is 0.0780 e. The quantitative estimate of drug-likeness (QED) is 0.748. The average Bonchev–Trinajstić information content (AvgIpc) is 2.98. The summed E-state index contributed by atoms with van der Waals surface area (Å²) in [5.74, 6) is 0. The second-order valence-corrected chi connectivity index (χ2v) is 5.28. The van der Waals surface area contributed by atoms with Crippen molar-refractivity contribution in [2.75, 3.05) is 0 Å². The van der Waals surface area contributed by atoms with Gasteiger partial charge in [-0.3, -0.25) is 9.98 Å². The molecule has 4 rings (SSSR count). The minimum Gasteiger partial charge on any atom is -0.256 e. The molecular formula is C18H14N2. The minimum absolute atomic E-state index is 1.06. The number of aliphatic imine (C=N–C) groups is 1. The van der Waals surface area contributed by atoms with Crippen molar-refractivity contribution in [1.29, 1.82) is 0 Å². The van der Waals surface area contributed by atoms with Crippen molar-refractivity contribution in [2.24, 2.45) is 4.99 Å². The van der Waals surface area contributed by atoms with Crippen LogP contribution in [-0.2, 0) is 0 Å². The summed E-state index contributed by atoms with van der Waals surface area (Å²) in [6.45, 7) is 4.17. The summed E-state index contributed by atoms with van der Waals surface area (Å²) in [5, 5.41) is 1.17. The molecule has 2 heteroatoms. The van der Waals surface area contributed by atoms with Gasteiger partial charge in [-0.05, 0) is 43.2 Å². The van der Waals surface area contributed by atoms with Gasteiger partial charge in [-0.2, -0.15) is 0 Å². The minimum atomic E-state index is 1.06. The Hall–Kier alpha value is -2.48. The molecule has 2 nitrogen and oxygen atoms in total. The van der Waals surface area contributed by atoms with Crippen molar-refractivity contribution in [2.45, 2.75) is 13.8 Å². The van der Waals surface area contributed by atoms with E-state index in [0.29, 0.717) is 0 Å². The zero-order valence-corrected chi connectivity index (χ0v) is 11.5. The number of nitrogens with zero attached hydrogens (tertiary/aromatic N) is 2. The fraction of sp³-hybridized carbons (Fsp3) is 0.111. The van der Waals surface area contributed by atoms with Crippen LogP contribution < -0.4 is 0 Å². The van der Waals surface area contributed by atoms with Gasteiger partial charge in [-0.15, -0.1) is 0 Å². The normalized spacial score (nSPS) is 17.2. The number of allylic oxidation sites excluding steroid dienone is 6. The highest BCUT2D eigenvalue weighted by Crippen LogP contribution is 2.37. The average molecular weight is 258 g/mol. The van der Waals surface area contributed by atoms with Crippen molar-refractivity contribution in [3.63, 3.8) is 0 Å². The second kappa shape index (κ2) is 4.01. The van der Waals surface area contributed by atoms with Crippen LogP contribution in [0.15, 0.2) is 70.5 Å². The number of para-hydroxylation sites is 1. The van der Waals surface area contributed by atoms with Gasteiger partial charge in [0, 0.05) is 28.4 Å². The van der Waals surface area contributed by atoms with E-state index in [9.17, 15) is 0 Å². The molecule has 1 aliphatic carbocycles. The Bertz CT molecular complexity index is 859. The first-order chi connectivity index (χ1) is 9.74. The maximum absolute atomic E-state index is 4.62. The molecule has 1 aliphatic heterocycles. The van der Waals surface area contributed by atoms with E-state index in [2.05, 4.69) is 53.3 Å². The van der Waals surface area contributed by atoms with Crippen molar-refractivity contribution in [3.8, 4) is 0 Å².